The van der Waals surface area contributed by atoms with E-state index in [1.165, 1.54) is 0 Å². The zero-order valence-corrected chi connectivity index (χ0v) is 12.6. The number of hydrogen-bond acceptors (Lipinski definition) is 4. The van der Waals surface area contributed by atoms with Crippen LogP contribution in [0.25, 0.3) is 0 Å². The second kappa shape index (κ2) is 6.36. The Balaban J connectivity index is 1.57. The maximum absolute atomic E-state index is 12.4. The van der Waals surface area contributed by atoms with Crippen LogP contribution in [0.15, 0.2) is 24.3 Å². The Morgan fingerprint density at radius 2 is 1.77 bits per heavy atom. The van der Waals surface area contributed by atoms with E-state index in [2.05, 4.69) is 10.2 Å². The molecule has 0 radical (unpaired) electrons. The summed E-state index contributed by atoms with van der Waals surface area (Å²) in [5, 5.41) is 3.26. The maximum atomic E-state index is 12.4. The zero-order chi connectivity index (χ0) is 15.5. The molecular formula is C16H22N4O2. The molecule has 0 saturated carbocycles. The van der Waals surface area contributed by atoms with Crippen molar-refractivity contribution < 1.29 is 9.59 Å². The molecule has 2 heterocycles. The van der Waals surface area contributed by atoms with Gasteiger partial charge < -0.3 is 20.9 Å². The third kappa shape index (κ3) is 3.06. The number of hydrogen-bond donors (Lipinski definition) is 2. The van der Waals surface area contributed by atoms with Gasteiger partial charge in [0.05, 0.1) is 6.04 Å². The van der Waals surface area contributed by atoms with E-state index < -0.39 is 5.91 Å². The van der Waals surface area contributed by atoms with E-state index in [4.69, 9.17) is 5.73 Å². The number of rotatable bonds is 3. The molecule has 2 fully saturated rings. The first-order chi connectivity index (χ1) is 10.6. The fraction of sp³-hybridized carbons (Fsp3) is 0.500. The molecule has 3 N–H and O–H groups in total. The summed E-state index contributed by atoms with van der Waals surface area (Å²) in [6, 6.07) is 7.34. The SMILES string of the molecule is NC(=O)c1ccc(N2CCN(C(=O)C3CCCN3)CC2)cc1. The second-order valence-electron chi connectivity index (χ2n) is 5.87. The summed E-state index contributed by atoms with van der Waals surface area (Å²) in [4.78, 5) is 27.6. The summed E-state index contributed by atoms with van der Waals surface area (Å²) in [6.45, 7) is 4.06. The quantitative estimate of drug-likeness (QED) is 0.835. The summed E-state index contributed by atoms with van der Waals surface area (Å²) in [5.41, 5.74) is 6.84. The lowest BCUT2D eigenvalue weighted by Crippen LogP contribution is -2.53. The molecule has 1 unspecified atom stereocenters. The molecule has 2 amide bonds. The molecule has 118 valence electrons. The molecule has 6 heteroatoms. The Bertz CT molecular complexity index is 544. The van der Waals surface area contributed by atoms with Crippen LogP contribution in [0.3, 0.4) is 0 Å². The van der Waals surface area contributed by atoms with Crippen molar-refractivity contribution in [3.63, 3.8) is 0 Å². The lowest BCUT2D eigenvalue weighted by Gasteiger charge is -2.37. The minimum atomic E-state index is -0.411. The van der Waals surface area contributed by atoms with E-state index in [1.54, 1.807) is 12.1 Å². The van der Waals surface area contributed by atoms with Crippen LogP contribution in [0.5, 0.6) is 0 Å². The molecule has 0 spiro atoms. The Kier molecular flexibility index (Phi) is 4.29. The molecule has 1 aromatic carbocycles. The summed E-state index contributed by atoms with van der Waals surface area (Å²) < 4.78 is 0. The van der Waals surface area contributed by atoms with Crippen LogP contribution in [-0.2, 0) is 4.79 Å². The first-order valence-electron chi connectivity index (χ1n) is 7.82. The highest BCUT2D eigenvalue weighted by molar-refractivity contribution is 5.93. The van der Waals surface area contributed by atoms with E-state index in [1.807, 2.05) is 17.0 Å². The summed E-state index contributed by atoms with van der Waals surface area (Å²) in [7, 11) is 0. The first kappa shape index (κ1) is 14.8. The monoisotopic (exact) mass is 302 g/mol. The molecule has 2 aliphatic heterocycles. The summed E-state index contributed by atoms with van der Waals surface area (Å²) in [6.07, 6.45) is 2.04. The molecule has 3 rings (SSSR count). The Morgan fingerprint density at radius 3 is 2.32 bits per heavy atom. The Hall–Kier alpha value is -2.08. The number of nitrogens with zero attached hydrogens (tertiary/aromatic N) is 2. The van der Waals surface area contributed by atoms with Crippen LogP contribution in [-0.4, -0.2) is 55.5 Å². The van der Waals surface area contributed by atoms with E-state index in [0.29, 0.717) is 5.56 Å². The lowest BCUT2D eigenvalue weighted by atomic mass is 10.1. The number of anilines is 1. The Labute approximate surface area is 130 Å². The van der Waals surface area contributed by atoms with Crippen molar-refractivity contribution in [1.82, 2.24) is 10.2 Å². The lowest BCUT2D eigenvalue weighted by molar-refractivity contribution is -0.133. The van der Waals surface area contributed by atoms with E-state index in [-0.39, 0.29) is 11.9 Å². The molecule has 0 bridgehead atoms. The van der Waals surface area contributed by atoms with Gasteiger partial charge in [-0.3, -0.25) is 9.59 Å². The van der Waals surface area contributed by atoms with Crippen LogP contribution >= 0.6 is 0 Å². The highest BCUT2D eigenvalue weighted by Crippen LogP contribution is 2.18. The largest absolute Gasteiger partial charge is 0.368 e. The highest BCUT2D eigenvalue weighted by atomic mass is 16.2. The van der Waals surface area contributed by atoms with Crippen molar-refractivity contribution in [1.29, 1.82) is 0 Å². The molecule has 2 saturated heterocycles. The summed E-state index contributed by atoms with van der Waals surface area (Å²) >= 11 is 0. The highest BCUT2D eigenvalue weighted by Gasteiger charge is 2.29. The molecule has 2 aliphatic rings. The van der Waals surface area contributed by atoms with Crippen molar-refractivity contribution in [2.45, 2.75) is 18.9 Å². The number of nitrogens with two attached hydrogens (primary N) is 1. The second-order valence-corrected chi connectivity index (χ2v) is 5.87. The van der Waals surface area contributed by atoms with Crippen molar-refractivity contribution in [2.24, 2.45) is 5.73 Å². The van der Waals surface area contributed by atoms with Crippen molar-refractivity contribution in [3.8, 4) is 0 Å². The van der Waals surface area contributed by atoms with Crippen LogP contribution in [0.1, 0.15) is 23.2 Å². The number of amides is 2. The number of benzene rings is 1. The number of primary amides is 1. The molecular weight excluding hydrogens is 280 g/mol. The van der Waals surface area contributed by atoms with Gasteiger partial charge in [-0.05, 0) is 43.7 Å². The minimum absolute atomic E-state index is 0.0152. The number of piperazine rings is 1. The van der Waals surface area contributed by atoms with Crippen LogP contribution in [0, 0.1) is 0 Å². The van der Waals surface area contributed by atoms with Gasteiger partial charge in [-0.25, -0.2) is 0 Å². The average Bonchev–Trinajstić information content (AvgIpc) is 3.09. The smallest absolute Gasteiger partial charge is 0.248 e. The fourth-order valence-corrected chi connectivity index (χ4v) is 3.14. The van der Waals surface area contributed by atoms with Crippen molar-refractivity contribution in [2.75, 3.05) is 37.6 Å². The van der Waals surface area contributed by atoms with Crippen LogP contribution < -0.4 is 16.0 Å². The number of carbonyl (C=O) groups excluding carboxylic acids is 2. The minimum Gasteiger partial charge on any atom is -0.368 e. The fourth-order valence-electron chi connectivity index (χ4n) is 3.14. The third-order valence-corrected chi connectivity index (χ3v) is 4.47. The van der Waals surface area contributed by atoms with E-state index in [9.17, 15) is 9.59 Å². The van der Waals surface area contributed by atoms with Gasteiger partial charge in [-0.2, -0.15) is 0 Å². The van der Waals surface area contributed by atoms with Crippen molar-refractivity contribution in [3.05, 3.63) is 29.8 Å². The molecule has 22 heavy (non-hydrogen) atoms. The molecule has 1 atom stereocenters. The molecule has 1 aromatic rings. The van der Waals surface area contributed by atoms with Crippen LogP contribution in [0.2, 0.25) is 0 Å². The van der Waals surface area contributed by atoms with Crippen LogP contribution in [0.4, 0.5) is 5.69 Å². The third-order valence-electron chi connectivity index (χ3n) is 4.47. The van der Waals surface area contributed by atoms with Gasteiger partial charge in [-0.1, -0.05) is 0 Å². The topological polar surface area (TPSA) is 78.7 Å². The van der Waals surface area contributed by atoms with Gasteiger partial charge in [-0.15, -0.1) is 0 Å². The Morgan fingerprint density at radius 1 is 1.09 bits per heavy atom. The van der Waals surface area contributed by atoms with Gasteiger partial charge in [0.1, 0.15) is 0 Å². The molecule has 0 aliphatic carbocycles. The van der Waals surface area contributed by atoms with Crippen molar-refractivity contribution >= 4 is 17.5 Å². The predicted molar refractivity (Wildman–Crippen MR) is 84.8 cm³/mol. The number of nitrogens with one attached hydrogen (secondary N) is 1. The van der Waals surface area contributed by atoms with Gasteiger partial charge in [0, 0.05) is 37.4 Å². The standard InChI is InChI=1S/C16H22N4O2/c17-15(21)12-3-5-13(6-4-12)19-8-10-20(11-9-19)16(22)14-2-1-7-18-14/h3-6,14,18H,1-2,7-11H2,(H2,17,21). The molecule has 6 nitrogen and oxygen atoms in total. The van der Waals surface area contributed by atoms with E-state index in [0.717, 1.165) is 51.3 Å². The van der Waals surface area contributed by atoms with Gasteiger partial charge >= 0.3 is 0 Å². The van der Waals surface area contributed by atoms with Gasteiger partial charge in [0.25, 0.3) is 0 Å². The predicted octanol–water partition coefficient (Wildman–Crippen LogP) is 0.186. The normalized spacial score (nSPS) is 21.9. The zero-order valence-electron chi connectivity index (χ0n) is 12.6. The first-order valence-corrected chi connectivity index (χ1v) is 7.82. The van der Waals surface area contributed by atoms with E-state index >= 15 is 0 Å². The number of carbonyl (C=O) groups is 2. The van der Waals surface area contributed by atoms with Gasteiger partial charge in [0.15, 0.2) is 0 Å². The summed E-state index contributed by atoms with van der Waals surface area (Å²) in [5.74, 6) is -0.174. The van der Waals surface area contributed by atoms with Gasteiger partial charge in [0.2, 0.25) is 11.8 Å². The average molecular weight is 302 g/mol. The molecule has 0 aromatic heterocycles. The maximum Gasteiger partial charge on any atom is 0.248 e.